The van der Waals surface area contributed by atoms with Crippen LogP contribution in [0.25, 0.3) is 0 Å². The number of nitrogens with one attached hydrogen (secondary N) is 2. The molecule has 6 nitrogen and oxygen atoms in total. The van der Waals surface area contributed by atoms with Gasteiger partial charge in [-0.1, -0.05) is 12.1 Å². The molecule has 0 aliphatic heterocycles. The van der Waals surface area contributed by atoms with Crippen LogP contribution in [-0.2, 0) is 4.79 Å². The molecule has 25 heavy (non-hydrogen) atoms. The van der Waals surface area contributed by atoms with Gasteiger partial charge in [0.2, 0.25) is 0 Å². The molecule has 0 fully saturated rings. The third-order valence-electron chi connectivity index (χ3n) is 3.24. The molecule has 1 unspecified atom stereocenters. The SMILES string of the molecule is CCOc1ccc(C(=O)NNC(=O)C(C)Oc2ccccc2F)cc1. The Morgan fingerprint density at radius 1 is 1.08 bits per heavy atom. The number of halogens is 1. The third-order valence-corrected chi connectivity index (χ3v) is 3.24. The first-order valence-electron chi connectivity index (χ1n) is 7.75. The summed E-state index contributed by atoms with van der Waals surface area (Å²) in [6, 6.07) is 12.2. The molecule has 0 heterocycles. The van der Waals surface area contributed by atoms with E-state index in [-0.39, 0.29) is 5.75 Å². The zero-order valence-corrected chi connectivity index (χ0v) is 13.9. The molecular formula is C18H19FN2O4. The molecule has 0 aliphatic carbocycles. The lowest BCUT2D eigenvalue weighted by atomic mass is 10.2. The van der Waals surface area contributed by atoms with Gasteiger partial charge in [0.05, 0.1) is 6.61 Å². The van der Waals surface area contributed by atoms with Gasteiger partial charge in [-0.05, 0) is 50.2 Å². The molecule has 2 aromatic rings. The van der Waals surface area contributed by atoms with E-state index >= 15 is 0 Å². The first-order chi connectivity index (χ1) is 12.0. The van der Waals surface area contributed by atoms with Crippen LogP contribution in [-0.4, -0.2) is 24.5 Å². The standard InChI is InChI=1S/C18H19FN2O4/c1-3-24-14-10-8-13(9-11-14)18(23)21-20-17(22)12(2)25-16-7-5-4-6-15(16)19/h4-12H,3H2,1-2H3,(H,20,22)(H,21,23). The maximum absolute atomic E-state index is 13.5. The highest BCUT2D eigenvalue weighted by Crippen LogP contribution is 2.17. The average Bonchev–Trinajstić information content (AvgIpc) is 2.62. The van der Waals surface area contributed by atoms with Gasteiger partial charge in [-0.25, -0.2) is 4.39 Å². The number of carbonyl (C=O) groups is 2. The Morgan fingerprint density at radius 2 is 1.76 bits per heavy atom. The minimum Gasteiger partial charge on any atom is -0.494 e. The van der Waals surface area contributed by atoms with Crippen molar-refractivity contribution in [3.05, 3.63) is 59.9 Å². The first kappa shape index (κ1) is 18.3. The van der Waals surface area contributed by atoms with Gasteiger partial charge >= 0.3 is 0 Å². The molecule has 0 saturated carbocycles. The number of para-hydroxylation sites is 1. The summed E-state index contributed by atoms with van der Waals surface area (Å²) < 4.78 is 24.0. The number of hydrogen-bond donors (Lipinski definition) is 2. The highest BCUT2D eigenvalue weighted by atomic mass is 19.1. The Hall–Kier alpha value is -3.09. The highest BCUT2D eigenvalue weighted by Gasteiger charge is 2.17. The van der Waals surface area contributed by atoms with Crippen LogP contribution in [0.3, 0.4) is 0 Å². The quantitative estimate of drug-likeness (QED) is 0.788. The van der Waals surface area contributed by atoms with Gasteiger partial charge in [-0.2, -0.15) is 0 Å². The molecule has 0 saturated heterocycles. The predicted octanol–water partition coefficient (Wildman–Crippen LogP) is 2.45. The molecule has 0 aromatic heterocycles. The van der Waals surface area contributed by atoms with E-state index in [0.29, 0.717) is 17.9 Å². The minimum absolute atomic E-state index is 0.0389. The Kier molecular flexibility index (Phi) is 6.33. The van der Waals surface area contributed by atoms with E-state index in [1.807, 2.05) is 6.92 Å². The van der Waals surface area contributed by atoms with Crippen molar-refractivity contribution < 1.29 is 23.5 Å². The monoisotopic (exact) mass is 346 g/mol. The van der Waals surface area contributed by atoms with E-state index in [2.05, 4.69) is 10.9 Å². The Bertz CT molecular complexity index is 734. The van der Waals surface area contributed by atoms with Crippen LogP contribution in [0.5, 0.6) is 11.5 Å². The summed E-state index contributed by atoms with van der Waals surface area (Å²) in [4.78, 5) is 23.9. The molecule has 0 bridgehead atoms. The van der Waals surface area contributed by atoms with Crippen LogP contribution >= 0.6 is 0 Å². The zero-order valence-electron chi connectivity index (χ0n) is 13.9. The summed E-state index contributed by atoms with van der Waals surface area (Å²) >= 11 is 0. The number of hydrazine groups is 1. The number of rotatable bonds is 6. The van der Waals surface area contributed by atoms with Crippen molar-refractivity contribution in [1.82, 2.24) is 10.9 Å². The molecule has 2 rings (SSSR count). The molecule has 2 N–H and O–H groups in total. The van der Waals surface area contributed by atoms with Crippen LogP contribution in [0.2, 0.25) is 0 Å². The Labute approximate surface area is 144 Å². The summed E-state index contributed by atoms with van der Waals surface area (Å²) in [6.45, 7) is 3.84. The summed E-state index contributed by atoms with van der Waals surface area (Å²) in [5.41, 5.74) is 4.87. The molecular weight excluding hydrogens is 327 g/mol. The maximum Gasteiger partial charge on any atom is 0.279 e. The Morgan fingerprint density at radius 3 is 2.40 bits per heavy atom. The maximum atomic E-state index is 13.5. The number of carbonyl (C=O) groups excluding carboxylic acids is 2. The van der Waals surface area contributed by atoms with E-state index in [1.54, 1.807) is 30.3 Å². The summed E-state index contributed by atoms with van der Waals surface area (Å²) in [7, 11) is 0. The number of hydrogen-bond acceptors (Lipinski definition) is 4. The van der Waals surface area contributed by atoms with E-state index in [9.17, 15) is 14.0 Å². The zero-order chi connectivity index (χ0) is 18.2. The van der Waals surface area contributed by atoms with Crippen molar-refractivity contribution in [2.24, 2.45) is 0 Å². The van der Waals surface area contributed by atoms with E-state index in [4.69, 9.17) is 9.47 Å². The van der Waals surface area contributed by atoms with Crippen LogP contribution in [0.15, 0.2) is 48.5 Å². The van der Waals surface area contributed by atoms with Crippen LogP contribution < -0.4 is 20.3 Å². The minimum atomic E-state index is -0.988. The van der Waals surface area contributed by atoms with Gasteiger partial charge in [-0.3, -0.25) is 20.4 Å². The van der Waals surface area contributed by atoms with Crippen molar-refractivity contribution in [2.45, 2.75) is 20.0 Å². The van der Waals surface area contributed by atoms with Crippen molar-refractivity contribution in [3.8, 4) is 11.5 Å². The summed E-state index contributed by atoms with van der Waals surface area (Å²) in [6.07, 6.45) is -0.988. The molecule has 132 valence electrons. The van der Waals surface area contributed by atoms with Gasteiger partial charge in [0.1, 0.15) is 5.75 Å². The fourth-order valence-electron chi connectivity index (χ4n) is 1.95. The lowest BCUT2D eigenvalue weighted by Gasteiger charge is -2.15. The molecule has 2 aromatic carbocycles. The highest BCUT2D eigenvalue weighted by molar-refractivity contribution is 5.95. The van der Waals surface area contributed by atoms with Crippen LogP contribution in [0.1, 0.15) is 24.2 Å². The Balaban J connectivity index is 1.86. The smallest absolute Gasteiger partial charge is 0.279 e. The fraction of sp³-hybridized carbons (Fsp3) is 0.222. The normalized spacial score (nSPS) is 11.3. The van der Waals surface area contributed by atoms with Crippen LogP contribution in [0, 0.1) is 5.82 Å². The molecule has 0 aliphatic rings. The van der Waals surface area contributed by atoms with Crippen molar-refractivity contribution in [2.75, 3.05) is 6.61 Å². The second-order valence-electron chi connectivity index (χ2n) is 5.09. The van der Waals surface area contributed by atoms with E-state index < -0.39 is 23.7 Å². The first-order valence-corrected chi connectivity index (χ1v) is 7.75. The number of ether oxygens (including phenoxy) is 2. The van der Waals surface area contributed by atoms with Crippen molar-refractivity contribution >= 4 is 11.8 Å². The fourth-order valence-corrected chi connectivity index (χ4v) is 1.95. The second-order valence-corrected chi connectivity index (χ2v) is 5.09. The third kappa shape index (κ3) is 5.20. The average molecular weight is 346 g/mol. The predicted molar refractivity (Wildman–Crippen MR) is 89.7 cm³/mol. The van der Waals surface area contributed by atoms with Crippen molar-refractivity contribution in [1.29, 1.82) is 0 Å². The van der Waals surface area contributed by atoms with Gasteiger partial charge in [0.25, 0.3) is 11.8 Å². The van der Waals surface area contributed by atoms with Crippen LogP contribution in [0.4, 0.5) is 4.39 Å². The van der Waals surface area contributed by atoms with E-state index in [0.717, 1.165) is 0 Å². The molecule has 0 spiro atoms. The lowest BCUT2D eigenvalue weighted by Crippen LogP contribution is -2.47. The molecule has 2 amide bonds. The van der Waals surface area contributed by atoms with Gasteiger partial charge in [-0.15, -0.1) is 0 Å². The summed E-state index contributed by atoms with van der Waals surface area (Å²) in [5, 5.41) is 0. The topological polar surface area (TPSA) is 76.7 Å². The number of amides is 2. The molecule has 1 atom stereocenters. The van der Waals surface area contributed by atoms with Crippen molar-refractivity contribution in [3.63, 3.8) is 0 Å². The van der Waals surface area contributed by atoms with Gasteiger partial charge < -0.3 is 9.47 Å². The largest absolute Gasteiger partial charge is 0.494 e. The lowest BCUT2D eigenvalue weighted by molar-refractivity contribution is -0.128. The van der Waals surface area contributed by atoms with Gasteiger partial charge in [0.15, 0.2) is 17.7 Å². The summed E-state index contributed by atoms with van der Waals surface area (Å²) in [5.74, 6) is -1.06. The number of benzene rings is 2. The second kappa shape index (κ2) is 8.68. The van der Waals surface area contributed by atoms with E-state index in [1.165, 1.54) is 25.1 Å². The van der Waals surface area contributed by atoms with Gasteiger partial charge in [0, 0.05) is 5.56 Å². The molecule has 0 radical (unpaired) electrons. The molecule has 7 heteroatoms.